The largest absolute Gasteiger partial charge is 0.381 e. The summed E-state index contributed by atoms with van der Waals surface area (Å²) in [6.07, 6.45) is 26.8. The molecule has 0 radical (unpaired) electrons. The van der Waals surface area contributed by atoms with Gasteiger partial charge < -0.3 is 9.64 Å². The molecule has 158 valence electrons. The van der Waals surface area contributed by atoms with Gasteiger partial charge in [0.1, 0.15) is 0 Å². The van der Waals surface area contributed by atoms with E-state index in [4.69, 9.17) is 4.74 Å². The summed E-state index contributed by atoms with van der Waals surface area (Å²) in [5.41, 5.74) is 0. The monoisotopic (exact) mass is 377 g/mol. The first-order chi connectivity index (χ1) is 13.2. The smallest absolute Gasteiger partial charge is 0.0540 e. The Bertz CT molecular complexity index is 359. The summed E-state index contributed by atoms with van der Waals surface area (Å²) in [6.45, 7) is 8.88. The summed E-state index contributed by atoms with van der Waals surface area (Å²) >= 11 is 0. The average Bonchev–Trinajstić information content (AvgIpc) is 2.65. The van der Waals surface area contributed by atoms with Crippen LogP contribution in [-0.4, -0.2) is 38.8 Å². The molecule has 1 atom stereocenters. The van der Waals surface area contributed by atoms with E-state index in [0.717, 1.165) is 26.2 Å². The van der Waals surface area contributed by atoms with Crippen molar-refractivity contribution in [2.24, 2.45) is 5.92 Å². The zero-order valence-corrected chi connectivity index (χ0v) is 18.6. The van der Waals surface area contributed by atoms with E-state index in [1.165, 1.54) is 70.6 Å². The Kier molecular flexibility index (Phi) is 20.8. The molecule has 0 heterocycles. The predicted octanol–water partition coefficient (Wildman–Crippen LogP) is 7.18. The van der Waals surface area contributed by atoms with Crippen molar-refractivity contribution < 1.29 is 4.74 Å². The molecule has 0 amide bonds. The van der Waals surface area contributed by atoms with Crippen LogP contribution in [0.4, 0.5) is 0 Å². The van der Waals surface area contributed by atoms with E-state index >= 15 is 0 Å². The van der Waals surface area contributed by atoms with Crippen LogP contribution in [-0.2, 0) is 4.74 Å². The number of hydrogen-bond donors (Lipinski definition) is 0. The molecule has 0 N–H and O–H groups in total. The molecule has 0 fully saturated rings. The molecule has 0 aromatic carbocycles. The standard InChI is InChI=1S/C25H47NO/c1-5-7-8-9-10-11-12-13-14-15-16-17-18-19-20-21-22-27-24-25(6-2)23-26(3)4/h6,10-11,13-14,25H,2,5,7-9,12,15-24H2,1,3-4H3/b11-10-,14-13-. The summed E-state index contributed by atoms with van der Waals surface area (Å²) in [7, 11) is 4.19. The van der Waals surface area contributed by atoms with Gasteiger partial charge in [0.05, 0.1) is 6.61 Å². The van der Waals surface area contributed by atoms with Crippen LogP contribution < -0.4 is 0 Å². The van der Waals surface area contributed by atoms with Crippen LogP contribution >= 0.6 is 0 Å². The van der Waals surface area contributed by atoms with Gasteiger partial charge in [-0.05, 0) is 52.6 Å². The molecule has 0 saturated heterocycles. The van der Waals surface area contributed by atoms with Gasteiger partial charge in [-0.25, -0.2) is 0 Å². The van der Waals surface area contributed by atoms with Gasteiger partial charge in [0.2, 0.25) is 0 Å². The molecule has 0 aliphatic carbocycles. The molecule has 0 saturated carbocycles. The fraction of sp³-hybridized carbons (Fsp3) is 0.760. The van der Waals surface area contributed by atoms with Crippen LogP contribution in [0.5, 0.6) is 0 Å². The second-order valence-electron chi connectivity index (χ2n) is 7.92. The van der Waals surface area contributed by atoms with Crippen LogP contribution in [0.25, 0.3) is 0 Å². The van der Waals surface area contributed by atoms with Gasteiger partial charge in [0.25, 0.3) is 0 Å². The van der Waals surface area contributed by atoms with Crippen molar-refractivity contribution in [3.63, 3.8) is 0 Å². The molecule has 0 rings (SSSR count). The van der Waals surface area contributed by atoms with Crippen LogP contribution in [0.1, 0.15) is 84.0 Å². The van der Waals surface area contributed by atoms with E-state index in [1.54, 1.807) is 0 Å². The minimum atomic E-state index is 0.449. The lowest BCUT2D eigenvalue weighted by Crippen LogP contribution is -2.23. The van der Waals surface area contributed by atoms with E-state index in [-0.39, 0.29) is 0 Å². The molecule has 0 spiro atoms. The van der Waals surface area contributed by atoms with Crippen molar-refractivity contribution in [2.45, 2.75) is 84.0 Å². The van der Waals surface area contributed by atoms with Crippen molar-refractivity contribution in [3.8, 4) is 0 Å². The Labute approximate surface area is 170 Å². The lowest BCUT2D eigenvalue weighted by molar-refractivity contribution is 0.100. The number of unbranched alkanes of at least 4 members (excludes halogenated alkanes) is 9. The van der Waals surface area contributed by atoms with Gasteiger partial charge in [0, 0.05) is 19.1 Å². The van der Waals surface area contributed by atoms with Crippen molar-refractivity contribution in [3.05, 3.63) is 37.0 Å². The lowest BCUT2D eigenvalue weighted by atomic mass is 10.1. The summed E-state index contributed by atoms with van der Waals surface area (Å²) in [4.78, 5) is 2.19. The second-order valence-corrected chi connectivity index (χ2v) is 7.92. The molecule has 0 bridgehead atoms. The third kappa shape index (κ3) is 21.3. The van der Waals surface area contributed by atoms with E-state index in [2.05, 4.69) is 56.8 Å². The molecular formula is C25H47NO. The fourth-order valence-corrected chi connectivity index (χ4v) is 3.09. The maximum absolute atomic E-state index is 5.79. The van der Waals surface area contributed by atoms with Crippen molar-refractivity contribution >= 4 is 0 Å². The number of hydrogen-bond acceptors (Lipinski definition) is 2. The van der Waals surface area contributed by atoms with Gasteiger partial charge in [-0.2, -0.15) is 0 Å². The first kappa shape index (κ1) is 26.1. The number of rotatable bonds is 20. The molecule has 27 heavy (non-hydrogen) atoms. The fourth-order valence-electron chi connectivity index (χ4n) is 3.09. The van der Waals surface area contributed by atoms with E-state index in [0.29, 0.717) is 5.92 Å². The summed E-state index contributed by atoms with van der Waals surface area (Å²) in [5, 5.41) is 0. The molecule has 0 aliphatic rings. The molecular weight excluding hydrogens is 330 g/mol. The average molecular weight is 378 g/mol. The maximum atomic E-state index is 5.79. The quantitative estimate of drug-likeness (QED) is 0.164. The Balaban J connectivity index is 3.28. The topological polar surface area (TPSA) is 12.5 Å². The summed E-state index contributed by atoms with van der Waals surface area (Å²) in [5.74, 6) is 0.449. The Morgan fingerprint density at radius 2 is 1.41 bits per heavy atom. The summed E-state index contributed by atoms with van der Waals surface area (Å²) < 4.78 is 5.79. The Hall–Kier alpha value is -0.860. The SMILES string of the molecule is C=CC(COCCCCCCCC/C=C\C/C=C\CCCCC)CN(C)C. The highest BCUT2D eigenvalue weighted by Crippen LogP contribution is 2.09. The molecule has 2 nitrogen and oxygen atoms in total. The first-order valence-corrected chi connectivity index (χ1v) is 11.4. The molecule has 2 heteroatoms. The van der Waals surface area contributed by atoms with E-state index in [9.17, 15) is 0 Å². The van der Waals surface area contributed by atoms with Gasteiger partial charge in [0.15, 0.2) is 0 Å². The van der Waals surface area contributed by atoms with E-state index < -0.39 is 0 Å². The summed E-state index contributed by atoms with van der Waals surface area (Å²) in [6, 6.07) is 0. The van der Waals surface area contributed by atoms with Gasteiger partial charge in [-0.1, -0.05) is 75.8 Å². The van der Waals surface area contributed by atoms with Crippen LogP contribution in [0.3, 0.4) is 0 Å². The molecule has 0 aromatic heterocycles. The number of allylic oxidation sites excluding steroid dienone is 4. The third-order valence-corrected chi connectivity index (χ3v) is 4.75. The zero-order valence-electron chi connectivity index (χ0n) is 18.6. The second kappa shape index (κ2) is 21.4. The van der Waals surface area contributed by atoms with Gasteiger partial charge in [-0.15, -0.1) is 6.58 Å². The van der Waals surface area contributed by atoms with E-state index in [1.807, 2.05) is 6.08 Å². The predicted molar refractivity (Wildman–Crippen MR) is 122 cm³/mol. The van der Waals surface area contributed by atoms with Crippen molar-refractivity contribution in [2.75, 3.05) is 33.9 Å². The highest BCUT2D eigenvalue weighted by atomic mass is 16.5. The number of nitrogens with zero attached hydrogens (tertiary/aromatic N) is 1. The minimum Gasteiger partial charge on any atom is -0.381 e. The normalized spacial score (nSPS) is 13.2. The lowest BCUT2D eigenvalue weighted by Gasteiger charge is -2.17. The highest BCUT2D eigenvalue weighted by molar-refractivity contribution is 4.92. The maximum Gasteiger partial charge on any atom is 0.0540 e. The van der Waals surface area contributed by atoms with Crippen molar-refractivity contribution in [1.82, 2.24) is 4.90 Å². The van der Waals surface area contributed by atoms with Gasteiger partial charge >= 0.3 is 0 Å². The van der Waals surface area contributed by atoms with Gasteiger partial charge in [-0.3, -0.25) is 0 Å². The molecule has 1 unspecified atom stereocenters. The Morgan fingerprint density at radius 3 is 2.00 bits per heavy atom. The molecule has 0 aromatic rings. The molecule has 0 aliphatic heterocycles. The minimum absolute atomic E-state index is 0.449. The van der Waals surface area contributed by atoms with Crippen LogP contribution in [0, 0.1) is 5.92 Å². The van der Waals surface area contributed by atoms with Crippen molar-refractivity contribution in [1.29, 1.82) is 0 Å². The first-order valence-electron chi connectivity index (χ1n) is 11.4. The number of ether oxygens (including phenoxy) is 1. The zero-order chi connectivity index (χ0) is 20.0. The highest BCUT2D eigenvalue weighted by Gasteiger charge is 2.05. The Morgan fingerprint density at radius 1 is 0.815 bits per heavy atom. The van der Waals surface area contributed by atoms with Crippen LogP contribution in [0.15, 0.2) is 37.0 Å². The third-order valence-electron chi connectivity index (χ3n) is 4.75. The van der Waals surface area contributed by atoms with Crippen LogP contribution in [0.2, 0.25) is 0 Å².